The van der Waals surface area contributed by atoms with Crippen LogP contribution in [0.4, 0.5) is 0 Å². The lowest BCUT2D eigenvalue weighted by atomic mass is 10.6. The molecule has 0 bridgehead atoms. The molecule has 0 atom stereocenters. The number of hydrogen-bond acceptors (Lipinski definition) is 6. The van der Waals surface area contributed by atoms with Crippen molar-refractivity contribution < 1.29 is 31.7 Å². The number of rotatable bonds is 5. The maximum Gasteiger partial charge on any atom is 0.146 e. The molecule has 0 radical (unpaired) electrons. The van der Waals surface area contributed by atoms with E-state index in [9.17, 15) is 0 Å². The Kier molecular flexibility index (Phi) is 14.2. The first-order chi connectivity index (χ1) is 4.91. The Hall–Kier alpha value is -0.680. The molecule has 11 heavy (non-hydrogen) atoms. The maximum atomic E-state index is 7.46. The van der Waals surface area contributed by atoms with Gasteiger partial charge in [-0.2, -0.15) is 4.89 Å². The fourth-order valence-electron chi connectivity index (χ4n) is 0.169. The van der Waals surface area contributed by atoms with Crippen molar-refractivity contribution in [1.29, 1.82) is 0 Å². The third kappa shape index (κ3) is 12.5. The maximum absolute atomic E-state index is 7.46. The zero-order chi connectivity index (χ0) is 7.66. The topological polar surface area (TPSA) is 66.4 Å². The van der Waals surface area contributed by atoms with Gasteiger partial charge in [-0.25, -0.2) is 5.26 Å². The van der Waals surface area contributed by atoms with Gasteiger partial charge < -0.3 is 0 Å². The Morgan fingerprint density at radius 2 is 2.09 bits per heavy atom. The molecular formula is C5H12O6. The van der Waals surface area contributed by atoms with Crippen molar-refractivity contribution in [1.82, 2.24) is 0 Å². The lowest BCUT2D eigenvalue weighted by molar-refractivity contribution is -0.752. The molecule has 0 aliphatic rings. The van der Waals surface area contributed by atoms with Crippen molar-refractivity contribution in [3.05, 3.63) is 0 Å². The second-order valence-corrected chi connectivity index (χ2v) is 0.968. The summed E-state index contributed by atoms with van der Waals surface area (Å²) < 4.78 is 0. The first-order valence-corrected chi connectivity index (χ1v) is 2.24. The molecule has 1 N–H and O–H groups in total. The largest absolute Gasteiger partial charge is 0.219 e. The minimum absolute atomic E-state index is 0. The molecule has 0 aromatic heterocycles. The molecule has 6 nitrogen and oxygen atoms in total. The Bertz CT molecular complexity index is 119. The van der Waals surface area contributed by atoms with E-state index >= 15 is 0 Å². The van der Waals surface area contributed by atoms with E-state index in [4.69, 9.17) is 5.26 Å². The van der Waals surface area contributed by atoms with Gasteiger partial charge >= 0.3 is 0 Å². The minimum atomic E-state index is 0. The third-order valence-electron chi connectivity index (χ3n) is 0.442. The highest BCUT2D eigenvalue weighted by Crippen LogP contribution is 1.81. The lowest BCUT2D eigenvalue weighted by Crippen LogP contribution is -1.97. The van der Waals surface area contributed by atoms with E-state index in [1.54, 1.807) is 6.92 Å². The third-order valence-corrected chi connectivity index (χ3v) is 0.442. The van der Waals surface area contributed by atoms with Crippen molar-refractivity contribution in [3.63, 3.8) is 0 Å². The molecular weight excluding hydrogens is 156 g/mol. The molecule has 0 unspecified atom stereocenters. The molecule has 0 aliphatic carbocycles. The summed E-state index contributed by atoms with van der Waals surface area (Å²) in [4.78, 5) is 4.16. The fourth-order valence-corrected chi connectivity index (χ4v) is 0.169. The molecule has 0 fully saturated rings. The van der Waals surface area contributed by atoms with Gasteiger partial charge in [0.05, 0.1) is 0 Å². The smallest absolute Gasteiger partial charge is 0.146 e. The normalized spacial score (nSPS) is 7.82. The second kappa shape index (κ2) is 12.0. The predicted molar refractivity (Wildman–Crippen MR) is 35.2 cm³/mol. The molecule has 0 aromatic carbocycles. The van der Waals surface area contributed by atoms with E-state index in [0.29, 0.717) is 0 Å². The standard InChI is InChI=1S/C4H6O6.CH4.H2/c1-2-3-4-6-8-10-9-7-5;;/h5H,4H2,1H3;1H4;1H. The van der Waals surface area contributed by atoms with Crippen molar-refractivity contribution in [2.45, 2.75) is 14.4 Å². The molecule has 0 rings (SSSR count). The predicted octanol–water partition coefficient (Wildman–Crippen LogP) is 1.11. The molecule has 6 heteroatoms. The van der Waals surface area contributed by atoms with Crippen molar-refractivity contribution >= 4 is 0 Å². The molecule has 0 spiro atoms. The summed E-state index contributed by atoms with van der Waals surface area (Å²) in [6.07, 6.45) is 0. The Labute approximate surface area is 65.7 Å². The molecule has 0 saturated heterocycles. The molecule has 0 aromatic rings. The van der Waals surface area contributed by atoms with Crippen LogP contribution in [0.25, 0.3) is 0 Å². The highest BCUT2D eigenvalue weighted by atomic mass is 17.8. The Balaban J connectivity index is -0.000000405. The zero-order valence-electron chi connectivity index (χ0n) is 5.20. The summed E-state index contributed by atoms with van der Waals surface area (Å²) in [7, 11) is 0. The second-order valence-electron chi connectivity index (χ2n) is 0.968. The summed E-state index contributed by atoms with van der Waals surface area (Å²) in [6, 6.07) is 0. The van der Waals surface area contributed by atoms with E-state index in [0.717, 1.165) is 0 Å². The van der Waals surface area contributed by atoms with E-state index in [2.05, 4.69) is 36.9 Å². The summed E-state index contributed by atoms with van der Waals surface area (Å²) in [6.45, 7) is 1.67. The summed E-state index contributed by atoms with van der Waals surface area (Å²) in [5.74, 6) is 5.02. The summed E-state index contributed by atoms with van der Waals surface area (Å²) in [5.41, 5.74) is 0. The van der Waals surface area contributed by atoms with Crippen molar-refractivity contribution in [2.75, 3.05) is 6.61 Å². The van der Waals surface area contributed by atoms with Gasteiger partial charge in [0.15, 0.2) is 0 Å². The van der Waals surface area contributed by atoms with Crippen LogP contribution in [0.1, 0.15) is 15.8 Å². The van der Waals surface area contributed by atoms with Crippen LogP contribution >= 0.6 is 0 Å². The average Bonchev–Trinajstić information content (AvgIpc) is 1.97. The van der Waals surface area contributed by atoms with Gasteiger partial charge in [-0.05, 0) is 27.1 Å². The van der Waals surface area contributed by atoms with Crippen LogP contribution in [0, 0.1) is 11.8 Å². The SMILES string of the molecule is C.CC#CCOOOOOO.[HH]. The zero-order valence-corrected chi connectivity index (χ0v) is 5.20. The van der Waals surface area contributed by atoms with Crippen LogP contribution in [0.5, 0.6) is 0 Å². The monoisotopic (exact) mass is 168 g/mol. The van der Waals surface area contributed by atoms with Crippen LogP contribution in [-0.4, -0.2) is 11.9 Å². The summed E-state index contributed by atoms with van der Waals surface area (Å²) in [5, 5.41) is 21.2. The lowest BCUT2D eigenvalue weighted by Gasteiger charge is -1.93. The molecule has 0 saturated carbocycles. The highest BCUT2D eigenvalue weighted by Gasteiger charge is 1.86. The number of hydrogen-bond donors (Lipinski definition) is 1. The van der Waals surface area contributed by atoms with Gasteiger partial charge in [0, 0.05) is 1.43 Å². The van der Waals surface area contributed by atoms with Crippen LogP contribution in [0.15, 0.2) is 0 Å². The highest BCUT2D eigenvalue weighted by molar-refractivity contribution is 4.94. The van der Waals surface area contributed by atoms with Crippen molar-refractivity contribution in [3.8, 4) is 11.8 Å². The van der Waals surface area contributed by atoms with Crippen LogP contribution < -0.4 is 0 Å². The molecule has 0 amide bonds. The van der Waals surface area contributed by atoms with Gasteiger partial charge in [-0.3, -0.25) is 0 Å². The van der Waals surface area contributed by atoms with Crippen LogP contribution in [0.2, 0.25) is 0 Å². The van der Waals surface area contributed by atoms with Gasteiger partial charge in [0.1, 0.15) is 6.61 Å². The first-order valence-electron chi connectivity index (χ1n) is 2.24. The first kappa shape index (κ1) is 12.9. The van der Waals surface area contributed by atoms with Gasteiger partial charge in [0.2, 0.25) is 0 Å². The van der Waals surface area contributed by atoms with Crippen LogP contribution in [-0.2, 0) is 25.0 Å². The van der Waals surface area contributed by atoms with Crippen LogP contribution in [0.3, 0.4) is 0 Å². The van der Waals surface area contributed by atoms with Crippen molar-refractivity contribution in [2.24, 2.45) is 0 Å². The summed E-state index contributed by atoms with van der Waals surface area (Å²) >= 11 is 0. The van der Waals surface area contributed by atoms with E-state index in [-0.39, 0.29) is 15.5 Å². The minimum Gasteiger partial charge on any atom is -0.219 e. The van der Waals surface area contributed by atoms with Gasteiger partial charge in [-0.1, -0.05) is 13.3 Å². The molecule has 68 valence electrons. The van der Waals surface area contributed by atoms with E-state index in [1.807, 2.05) is 0 Å². The molecule has 0 heterocycles. The average molecular weight is 168 g/mol. The quantitative estimate of drug-likeness (QED) is 0.287. The fraction of sp³-hybridized carbons (Fsp3) is 0.600. The Morgan fingerprint density at radius 3 is 2.64 bits per heavy atom. The molecule has 0 aliphatic heterocycles. The van der Waals surface area contributed by atoms with E-state index < -0.39 is 0 Å². The Morgan fingerprint density at radius 1 is 1.36 bits per heavy atom. The van der Waals surface area contributed by atoms with E-state index in [1.165, 1.54) is 0 Å². The van der Waals surface area contributed by atoms with Gasteiger partial charge in [0.25, 0.3) is 0 Å². The van der Waals surface area contributed by atoms with Gasteiger partial charge in [-0.15, -0.1) is 5.92 Å².